The molecule has 0 heterocycles. The van der Waals surface area contributed by atoms with Gasteiger partial charge in [0.1, 0.15) is 5.82 Å². The Kier molecular flexibility index (Phi) is 4.92. The SMILES string of the molecule is Cl.NCC1(Cc2ccc(F)cc2)CCCC1O. The molecule has 1 aromatic carbocycles. The van der Waals surface area contributed by atoms with Crippen LogP contribution in [0.1, 0.15) is 24.8 Å². The average molecular weight is 260 g/mol. The van der Waals surface area contributed by atoms with Crippen LogP contribution in [-0.2, 0) is 6.42 Å². The van der Waals surface area contributed by atoms with Crippen molar-refractivity contribution in [2.45, 2.75) is 31.8 Å². The largest absolute Gasteiger partial charge is 0.392 e. The van der Waals surface area contributed by atoms with Crippen LogP contribution in [-0.4, -0.2) is 17.8 Å². The number of nitrogens with two attached hydrogens (primary N) is 1. The van der Waals surface area contributed by atoms with Crippen LogP contribution in [0.25, 0.3) is 0 Å². The lowest BCUT2D eigenvalue weighted by Crippen LogP contribution is -2.39. The smallest absolute Gasteiger partial charge is 0.123 e. The summed E-state index contributed by atoms with van der Waals surface area (Å²) in [5.41, 5.74) is 6.66. The Labute approximate surface area is 107 Å². The molecular weight excluding hydrogens is 241 g/mol. The summed E-state index contributed by atoms with van der Waals surface area (Å²) in [6.07, 6.45) is 3.24. The van der Waals surface area contributed by atoms with Crippen LogP contribution in [0.4, 0.5) is 4.39 Å². The highest BCUT2D eigenvalue weighted by Crippen LogP contribution is 2.40. The number of hydrogen-bond donors (Lipinski definition) is 2. The van der Waals surface area contributed by atoms with Gasteiger partial charge in [0.25, 0.3) is 0 Å². The molecule has 2 rings (SSSR count). The summed E-state index contributed by atoms with van der Waals surface area (Å²) in [5, 5.41) is 10.0. The minimum Gasteiger partial charge on any atom is -0.392 e. The number of rotatable bonds is 3. The Morgan fingerprint density at radius 1 is 1.35 bits per heavy atom. The fourth-order valence-corrected chi connectivity index (χ4v) is 2.65. The van der Waals surface area contributed by atoms with Crippen LogP contribution in [0.3, 0.4) is 0 Å². The van der Waals surface area contributed by atoms with E-state index >= 15 is 0 Å². The lowest BCUT2D eigenvalue weighted by molar-refractivity contribution is 0.0588. The van der Waals surface area contributed by atoms with Gasteiger partial charge in [0.15, 0.2) is 0 Å². The third-order valence-corrected chi connectivity index (χ3v) is 3.74. The summed E-state index contributed by atoms with van der Waals surface area (Å²) >= 11 is 0. The number of halogens is 2. The van der Waals surface area contributed by atoms with E-state index in [4.69, 9.17) is 5.73 Å². The Morgan fingerprint density at radius 3 is 2.47 bits per heavy atom. The first-order chi connectivity index (χ1) is 7.66. The minimum absolute atomic E-state index is 0. The molecule has 17 heavy (non-hydrogen) atoms. The van der Waals surface area contributed by atoms with Crippen LogP contribution >= 0.6 is 12.4 Å². The fraction of sp³-hybridized carbons (Fsp3) is 0.538. The predicted molar refractivity (Wildman–Crippen MR) is 68.7 cm³/mol. The highest BCUT2D eigenvalue weighted by molar-refractivity contribution is 5.85. The molecule has 0 bridgehead atoms. The highest BCUT2D eigenvalue weighted by Gasteiger charge is 2.40. The first-order valence-electron chi connectivity index (χ1n) is 5.79. The van der Waals surface area contributed by atoms with Crippen LogP contribution < -0.4 is 5.73 Å². The Hall–Kier alpha value is -0.640. The molecule has 1 aromatic rings. The topological polar surface area (TPSA) is 46.2 Å². The molecular formula is C13H19ClFNO. The maximum absolute atomic E-state index is 12.8. The van der Waals surface area contributed by atoms with Gasteiger partial charge in [-0.1, -0.05) is 18.6 Å². The molecule has 0 aromatic heterocycles. The van der Waals surface area contributed by atoms with Crippen molar-refractivity contribution in [3.63, 3.8) is 0 Å². The third kappa shape index (κ3) is 2.97. The summed E-state index contributed by atoms with van der Waals surface area (Å²) < 4.78 is 12.8. The Balaban J connectivity index is 0.00000144. The molecule has 0 aliphatic heterocycles. The monoisotopic (exact) mass is 259 g/mol. The molecule has 0 radical (unpaired) electrons. The van der Waals surface area contributed by atoms with Crippen LogP contribution in [0.2, 0.25) is 0 Å². The van der Waals surface area contributed by atoms with Crippen molar-refractivity contribution >= 4 is 12.4 Å². The zero-order valence-electron chi connectivity index (χ0n) is 9.73. The van der Waals surface area contributed by atoms with Gasteiger partial charge in [-0.15, -0.1) is 12.4 Å². The number of benzene rings is 1. The van der Waals surface area contributed by atoms with Crippen molar-refractivity contribution in [3.8, 4) is 0 Å². The van der Waals surface area contributed by atoms with E-state index < -0.39 is 0 Å². The first kappa shape index (κ1) is 14.4. The molecule has 4 heteroatoms. The summed E-state index contributed by atoms with van der Waals surface area (Å²) in [4.78, 5) is 0. The lowest BCUT2D eigenvalue weighted by Gasteiger charge is -2.31. The van der Waals surface area contributed by atoms with Crippen molar-refractivity contribution in [1.29, 1.82) is 0 Å². The number of aliphatic hydroxyl groups is 1. The van der Waals surface area contributed by atoms with Crippen molar-refractivity contribution in [3.05, 3.63) is 35.6 Å². The molecule has 2 unspecified atom stereocenters. The van der Waals surface area contributed by atoms with E-state index in [1.807, 2.05) is 0 Å². The van der Waals surface area contributed by atoms with Gasteiger partial charge < -0.3 is 10.8 Å². The quantitative estimate of drug-likeness (QED) is 0.875. The van der Waals surface area contributed by atoms with E-state index in [0.29, 0.717) is 6.54 Å². The van der Waals surface area contributed by atoms with E-state index in [2.05, 4.69) is 0 Å². The second kappa shape index (κ2) is 5.80. The Morgan fingerprint density at radius 2 is 2.00 bits per heavy atom. The molecule has 0 spiro atoms. The maximum Gasteiger partial charge on any atom is 0.123 e. The molecule has 0 saturated heterocycles. The number of hydrogen-bond acceptors (Lipinski definition) is 2. The van der Waals surface area contributed by atoms with Crippen molar-refractivity contribution in [2.75, 3.05) is 6.54 Å². The van der Waals surface area contributed by atoms with Gasteiger partial charge in [0.05, 0.1) is 6.10 Å². The second-order valence-corrected chi connectivity index (χ2v) is 4.78. The van der Waals surface area contributed by atoms with E-state index in [9.17, 15) is 9.50 Å². The zero-order chi connectivity index (χ0) is 11.6. The van der Waals surface area contributed by atoms with E-state index in [0.717, 1.165) is 31.2 Å². The van der Waals surface area contributed by atoms with Gasteiger partial charge in [0, 0.05) is 12.0 Å². The molecule has 96 valence electrons. The molecule has 1 aliphatic rings. The van der Waals surface area contributed by atoms with Gasteiger partial charge in [-0.25, -0.2) is 4.39 Å². The molecule has 2 nitrogen and oxygen atoms in total. The fourth-order valence-electron chi connectivity index (χ4n) is 2.65. The molecule has 0 amide bonds. The van der Waals surface area contributed by atoms with Crippen LogP contribution in [0, 0.1) is 11.2 Å². The molecule has 1 fully saturated rings. The van der Waals surface area contributed by atoms with Crippen molar-refractivity contribution in [2.24, 2.45) is 11.1 Å². The minimum atomic E-state index is -0.317. The summed E-state index contributed by atoms with van der Waals surface area (Å²) in [6, 6.07) is 6.47. The first-order valence-corrected chi connectivity index (χ1v) is 5.79. The maximum atomic E-state index is 12.8. The van der Waals surface area contributed by atoms with E-state index in [1.165, 1.54) is 12.1 Å². The van der Waals surface area contributed by atoms with Crippen molar-refractivity contribution < 1.29 is 9.50 Å². The van der Waals surface area contributed by atoms with Crippen LogP contribution in [0.15, 0.2) is 24.3 Å². The van der Waals surface area contributed by atoms with Crippen molar-refractivity contribution in [1.82, 2.24) is 0 Å². The molecule has 3 N–H and O–H groups in total. The van der Waals surface area contributed by atoms with Gasteiger partial charge in [0.2, 0.25) is 0 Å². The van der Waals surface area contributed by atoms with E-state index in [1.54, 1.807) is 12.1 Å². The van der Waals surface area contributed by atoms with Gasteiger partial charge in [-0.2, -0.15) is 0 Å². The standard InChI is InChI=1S/C13H18FNO.ClH/c14-11-5-3-10(4-6-11)8-13(9-15)7-1-2-12(13)16;/h3-6,12,16H,1-2,7-9,15H2;1H. The average Bonchev–Trinajstić information content (AvgIpc) is 2.64. The summed E-state index contributed by atoms with van der Waals surface area (Å²) in [6.45, 7) is 0.492. The molecule has 1 aliphatic carbocycles. The normalized spacial score (nSPS) is 27.8. The predicted octanol–water partition coefficient (Wildman–Crippen LogP) is 2.28. The highest BCUT2D eigenvalue weighted by atomic mass is 35.5. The second-order valence-electron chi connectivity index (χ2n) is 4.78. The van der Waals surface area contributed by atoms with Crippen LogP contribution in [0.5, 0.6) is 0 Å². The van der Waals surface area contributed by atoms with Gasteiger partial charge in [-0.3, -0.25) is 0 Å². The zero-order valence-corrected chi connectivity index (χ0v) is 10.5. The Bertz CT molecular complexity index is 357. The third-order valence-electron chi connectivity index (χ3n) is 3.74. The lowest BCUT2D eigenvalue weighted by atomic mass is 9.78. The van der Waals surface area contributed by atoms with Gasteiger partial charge in [-0.05, 0) is 37.0 Å². The van der Waals surface area contributed by atoms with Gasteiger partial charge >= 0.3 is 0 Å². The summed E-state index contributed by atoms with van der Waals surface area (Å²) in [5.74, 6) is -0.225. The summed E-state index contributed by atoms with van der Waals surface area (Å²) in [7, 11) is 0. The molecule has 1 saturated carbocycles. The molecule has 2 atom stereocenters. The van der Waals surface area contributed by atoms with E-state index in [-0.39, 0.29) is 29.7 Å². The number of aliphatic hydroxyl groups excluding tert-OH is 1.